The van der Waals surface area contributed by atoms with E-state index in [2.05, 4.69) is 28.6 Å². The smallest absolute Gasteiger partial charge is 0.225 e. The van der Waals surface area contributed by atoms with Gasteiger partial charge in [0, 0.05) is 36.1 Å². The number of thiophene rings is 1. The molecular formula is C18H29N3OS. The van der Waals surface area contributed by atoms with Gasteiger partial charge >= 0.3 is 0 Å². The number of hydrogen-bond acceptors (Lipinski definition) is 4. The predicted octanol–water partition coefficient (Wildman–Crippen LogP) is 2.52. The predicted molar refractivity (Wildman–Crippen MR) is 95.5 cm³/mol. The summed E-state index contributed by atoms with van der Waals surface area (Å²) in [7, 11) is 0. The number of carbonyl (C=O) groups excluding carboxylic acids is 1. The topological polar surface area (TPSA) is 58.4 Å². The molecule has 0 aromatic carbocycles. The van der Waals surface area contributed by atoms with Crippen molar-refractivity contribution in [3.8, 4) is 0 Å². The largest absolute Gasteiger partial charge is 0.354 e. The Kier molecular flexibility index (Phi) is 5.09. The van der Waals surface area contributed by atoms with Crippen LogP contribution < -0.4 is 11.1 Å². The second-order valence-electron chi connectivity index (χ2n) is 7.49. The van der Waals surface area contributed by atoms with Crippen molar-refractivity contribution >= 4 is 17.2 Å². The molecule has 3 rings (SSSR count). The van der Waals surface area contributed by atoms with Crippen molar-refractivity contribution in [1.29, 1.82) is 0 Å². The zero-order valence-electron chi connectivity index (χ0n) is 14.3. The Bertz CT molecular complexity index is 554. The van der Waals surface area contributed by atoms with Crippen molar-refractivity contribution < 1.29 is 4.79 Å². The fourth-order valence-corrected chi connectivity index (χ4v) is 4.83. The van der Waals surface area contributed by atoms with Gasteiger partial charge in [0.1, 0.15) is 0 Å². The molecule has 1 amide bonds. The summed E-state index contributed by atoms with van der Waals surface area (Å²) >= 11 is 1.87. The summed E-state index contributed by atoms with van der Waals surface area (Å²) in [6.45, 7) is 7.05. The number of nitrogens with one attached hydrogen (secondary N) is 1. The highest BCUT2D eigenvalue weighted by Gasteiger charge is 2.37. The third kappa shape index (κ3) is 3.78. The average molecular weight is 336 g/mol. The van der Waals surface area contributed by atoms with Crippen LogP contribution in [0.1, 0.15) is 50.0 Å². The molecule has 0 spiro atoms. The molecule has 3 unspecified atom stereocenters. The monoisotopic (exact) mass is 335 g/mol. The van der Waals surface area contributed by atoms with Gasteiger partial charge in [-0.1, -0.05) is 12.8 Å². The first-order valence-electron chi connectivity index (χ1n) is 8.83. The standard InChI is InChI=1S/C18H29N3OS/c1-13(21-9-6-16-14(12-21)7-10-23-16)11-20-17(22)15-5-3-4-8-18(15,2)19/h7,10,13,15H,3-6,8-9,11-12,19H2,1-2H3,(H,20,22). The molecule has 2 heterocycles. The van der Waals surface area contributed by atoms with Crippen molar-refractivity contribution in [1.82, 2.24) is 10.2 Å². The highest BCUT2D eigenvalue weighted by atomic mass is 32.1. The van der Waals surface area contributed by atoms with Gasteiger partial charge in [-0.25, -0.2) is 0 Å². The summed E-state index contributed by atoms with van der Waals surface area (Å²) in [5.74, 6) is 0.114. The second-order valence-corrected chi connectivity index (χ2v) is 8.49. The van der Waals surface area contributed by atoms with Crippen LogP contribution in [0.15, 0.2) is 11.4 Å². The highest BCUT2D eigenvalue weighted by Crippen LogP contribution is 2.31. The van der Waals surface area contributed by atoms with Gasteiger partial charge in [0.15, 0.2) is 0 Å². The van der Waals surface area contributed by atoms with E-state index in [4.69, 9.17) is 5.73 Å². The highest BCUT2D eigenvalue weighted by molar-refractivity contribution is 7.10. The third-order valence-electron chi connectivity index (χ3n) is 5.60. The maximum atomic E-state index is 12.6. The summed E-state index contributed by atoms with van der Waals surface area (Å²) < 4.78 is 0. The fourth-order valence-electron chi connectivity index (χ4n) is 3.94. The quantitative estimate of drug-likeness (QED) is 0.889. The van der Waals surface area contributed by atoms with E-state index in [1.807, 2.05) is 18.3 Å². The molecule has 128 valence electrons. The second kappa shape index (κ2) is 6.91. The van der Waals surface area contributed by atoms with Gasteiger partial charge in [0.2, 0.25) is 5.91 Å². The Morgan fingerprint density at radius 1 is 1.57 bits per heavy atom. The number of fused-ring (bicyclic) bond motifs is 1. The molecule has 1 aliphatic carbocycles. The van der Waals surface area contributed by atoms with E-state index >= 15 is 0 Å². The lowest BCUT2D eigenvalue weighted by molar-refractivity contribution is -0.128. The molecule has 4 nitrogen and oxygen atoms in total. The van der Waals surface area contributed by atoms with E-state index < -0.39 is 0 Å². The minimum Gasteiger partial charge on any atom is -0.354 e. The van der Waals surface area contributed by atoms with Crippen LogP contribution in [0.4, 0.5) is 0 Å². The normalized spacial score (nSPS) is 29.8. The zero-order valence-corrected chi connectivity index (χ0v) is 15.1. The molecule has 1 aromatic heterocycles. The number of rotatable bonds is 4. The minimum atomic E-state index is -0.345. The minimum absolute atomic E-state index is 0.0340. The maximum Gasteiger partial charge on any atom is 0.225 e. The van der Waals surface area contributed by atoms with Crippen molar-refractivity contribution in [3.05, 3.63) is 21.9 Å². The van der Waals surface area contributed by atoms with Crippen LogP contribution in [0.25, 0.3) is 0 Å². The van der Waals surface area contributed by atoms with Crippen LogP contribution in [-0.2, 0) is 17.8 Å². The van der Waals surface area contributed by atoms with Crippen LogP contribution in [0, 0.1) is 5.92 Å². The summed E-state index contributed by atoms with van der Waals surface area (Å²) in [6.07, 6.45) is 5.27. The number of nitrogens with two attached hydrogens (primary N) is 1. The first kappa shape index (κ1) is 16.9. The van der Waals surface area contributed by atoms with Crippen LogP contribution in [0.2, 0.25) is 0 Å². The maximum absolute atomic E-state index is 12.6. The molecule has 1 aliphatic heterocycles. The molecule has 1 aromatic rings. The van der Waals surface area contributed by atoms with E-state index in [1.165, 1.54) is 10.4 Å². The Morgan fingerprint density at radius 3 is 3.17 bits per heavy atom. The summed E-state index contributed by atoms with van der Waals surface area (Å²) in [4.78, 5) is 16.5. The Balaban J connectivity index is 1.51. The van der Waals surface area contributed by atoms with E-state index in [0.717, 1.165) is 45.2 Å². The van der Waals surface area contributed by atoms with Gasteiger partial charge in [-0.2, -0.15) is 0 Å². The van der Waals surface area contributed by atoms with Gasteiger partial charge in [-0.3, -0.25) is 9.69 Å². The number of hydrogen-bond donors (Lipinski definition) is 2. The Labute approximate surface area is 143 Å². The lowest BCUT2D eigenvalue weighted by atomic mass is 9.74. The van der Waals surface area contributed by atoms with Crippen LogP contribution >= 0.6 is 11.3 Å². The summed E-state index contributed by atoms with van der Waals surface area (Å²) in [5, 5.41) is 5.35. The van der Waals surface area contributed by atoms with E-state index in [1.54, 1.807) is 0 Å². The molecular weight excluding hydrogens is 306 g/mol. The SMILES string of the molecule is CC(CNC(=O)C1CCCCC1(C)N)N1CCc2sccc2C1. The van der Waals surface area contributed by atoms with E-state index in [-0.39, 0.29) is 17.4 Å². The molecule has 0 bridgehead atoms. The molecule has 0 saturated heterocycles. The van der Waals surface area contributed by atoms with Gasteiger partial charge in [0.05, 0.1) is 5.92 Å². The van der Waals surface area contributed by atoms with Crippen LogP contribution in [0.5, 0.6) is 0 Å². The van der Waals surface area contributed by atoms with Crippen molar-refractivity contribution in [2.45, 2.75) is 64.1 Å². The zero-order chi connectivity index (χ0) is 16.4. The lowest BCUT2D eigenvalue weighted by Crippen LogP contribution is -2.54. The molecule has 1 fully saturated rings. The molecule has 3 atom stereocenters. The first-order chi connectivity index (χ1) is 11.0. The number of carbonyl (C=O) groups is 1. The van der Waals surface area contributed by atoms with Crippen LogP contribution in [-0.4, -0.2) is 35.5 Å². The Morgan fingerprint density at radius 2 is 2.39 bits per heavy atom. The third-order valence-corrected chi connectivity index (χ3v) is 6.63. The van der Waals surface area contributed by atoms with Crippen molar-refractivity contribution in [3.63, 3.8) is 0 Å². The van der Waals surface area contributed by atoms with E-state index in [0.29, 0.717) is 12.6 Å². The average Bonchev–Trinajstić information content (AvgIpc) is 2.99. The van der Waals surface area contributed by atoms with Gasteiger partial charge < -0.3 is 11.1 Å². The van der Waals surface area contributed by atoms with Gasteiger partial charge in [0.25, 0.3) is 0 Å². The molecule has 1 saturated carbocycles. The van der Waals surface area contributed by atoms with Gasteiger partial charge in [-0.05, 0) is 50.1 Å². The van der Waals surface area contributed by atoms with E-state index in [9.17, 15) is 4.79 Å². The molecule has 5 heteroatoms. The number of amides is 1. The summed E-state index contributed by atoms with van der Waals surface area (Å²) in [6, 6.07) is 2.60. The number of nitrogens with zero attached hydrogens (tertiary/aromatic N) is 1. The Hall–Kier alpha value is -0.910. The van der Waals surface area contributed by atoms with Crippen molar-refractivity contribution in [2.24, 2.45) is 11.7 Å². The van der Waals surface area contributed by atoms with Crippen LogP contribution in [0.3, 0.4) is 0 Å². The molecule has 2 aliphatic rings. The lowest BCUT2D eigenvalue weighted by Gasteiger charge is -2.38. The first-order valence-corrected chi connectivity index (χ1v) is 9.71. The summed E-state index contributed by atoms with van der Waals surface area (Å²) in [5.41, 5.74) is 7.46. The van der Waals surface area contributed by atoms with Gasteiger partial charge in [-0.15, -0.1) is 11.3 Å². The molecule has 3 N–H and O–H groups in total. The molecule has 0 radical (unpaired) electrons. The molecule has 23 heavy (non-hydrogen) atoms. The fraction of sp³-hybridized carbons (Fsp3) is 0.722. The van der Waals surface area contributed by atoms with Crippen molar-refractivity contribution in [2.75, 3.05) is 13.1 Å².